The lowest BCUT2D eigenvalue weighted by atomic mass is 10.0. The summed E-state index contributed by atoms with van der Waals surface area (Å²) < 4.78 is 0. The number of likely N-dealkylation sites (N-methyl/N-ethyl adjacent to an activating group) is 1. The minimum atomic E-state index is -1.52. The number of carbonyl (C=O) groups excluding carboxylic acids is 3. The quantitative estimate of drug-likeness (QED) is 0.111. The Hall–Kier alpha value is -4.42. The van der Waals surface area contributed by atoms with E-state index in [4.69, 9.17) is 16.6 Å². The Morgan fingerprint density at radius 3 is 2.14 bits per heavy atom. The molecule has 0 bridgehead atoms. The largest absolute Gasteiger partial charge is 0.481 e. The van der Waals surface area contributed by atoms with Crippen LogP contribution < -0.4 is 22.1 Å². The predicted octanol–water partition coefficient (Wildman–Crippen LogP) is 0.0282. The number of carbonyl (C=O) groups is 5. The molecular formula is C24H34N6O7. The summed E-state index contributed by atoms with van der Waals surface area (Å²) in [5.74, 6) is -4.99. The van der Waals surface area contributed by atoms with Crippen LogP contribution in [-0.2, 0) is 24.0 Å². The number of rotatable bonds is 14. The van der Waals surface area contributed by atoms with E-state index in [1.165, 1.54) is 17.1 Å². The highest BCUT2D eigenvalue weighted by Gasteiger charge is 2.29. The number of carboxylic acid groups (broad SMARTS) is 2. The van der Waals surface area contributed by atoms with Gasteiger partial charge < -0.3 is 37.2 Å². The fourth-order valence-corrected chi connectivity index (χ4v) is 3.19. The molecule has 0 saturated carbocycles. The summed E-state index contributed by atoms with van der Waals surface area (Å²) in [6.45, 7) is 4.90. The van der Waals surface area contributed by atoms with Gasteiger partial charge in [0.25, 0.3) is 0 Å². The second kappa shape index (κ2) is 14.9. The minimum absolute atomic E-state index is 0.0535. The normalized spacial score (nSPS) is 12.4. The van der Waals surface area contributed by atoms with E-state index < -0.39 is 54.7 Å². The van der Waals surface area contributed by atoms with Crippen molar-refractivity contribution >= 4 is 47.4 Å². The van der Waals surface area contributed by atoms with Crippen LogP contribution in [0.1, 0.15) is 39.2 Å². The van der Waals surface area contributed by atoms with E-state index in [9.17, 15) is 29.1 Å². The minimum Gasteiger partial charge on any atom is -0.481 e. The van der Waals surface area contributed by atoms with Crippen molar-refractivity contribution in [2.45, 2.75) is 45.7 Å². The average Bonchev–Trinajstić information content (AvgIpc) is 2.79. The molecule has 0 aliphatic rings. The van der Waals surface area contributed by atoms with Gasteiger partial charge in [-0.15, -0.1) is 0 Å². The van der Waals surface area contributed by atoms with Crippen LogP contribution in [0.4, 0.5) is 5.69 Å². The second-order valence-corrected chi connectivity index (χ2v) is 8.56. The molecule has 0 aliphatic carbocycles. The Kier molecular flexibility index (Phi) is 12.3. The van der Waals surface area contributed by atoms with Gasteiger partial charge in [-0.05, 0) is 43.0 Å². The van der Waals surface area contributed by atoms with E-state index in [0.717, 1.165) is 0 Å². The zero-order valence-electron chi connectivity index (χ0n) is 21.0. The fraction of sp³-hybridized carbons (Fsp3) is 0.417. The highest BCUT2D eigenvalue weighted by molar-refractivity contribution is 5.96. The zero-order valence-corrected chi connectivity index (χ0v) is 21.0. The van der Waals surface area contributed by atoms with Crippen LogP contribution in [0.15, 0.2) is 35.3 Å². The second-order valence-electron chi connectivity index (χ2n) is 8.56. The van der Waals surface area contributed by atoms with Crippen LogP contribution in [0.25, 0.3) is 6.08 Å². The van der Waals surface area contributed by atoms with E-state index in [1.54, 1.807) is 45.0 Å². The number of nitrogens with one attached hydrogen (secondary N) is 2. The van der Waals surface area contributed by atoms with Gasteiger partial charge in [0.1, 0.15) is 12.1 Å². The molecule has 1 rings (SSSR count). The van der Waals surface area contributed by atoms with Crippen molar-refractivity contribution in [2.24, 2.45) is 22.4 Å². The fourth-order valence-electron chi connectivity index (χ4n) is 3.19. The Morgan fingerprint density at radius 1 is 1.03 bits per heavy atom. The van der Waals surface area contributed by atoms with E-state index >= 15 is 0 Å². The molecule has 0 aromatic heterocycles. The molecule has 0 heterocycles. The first-order chi connectivity index (χ1) is 17.3. The predicted molar refractivity (Wildman–Crippen MR) is 136 cm³/mol. The highest BCUT2D eigenvalue weighted by atomic mass is 16.4. The lowest BCUT2D eigenvalue weighted by Crippen LogP contribution is -2.54. The van der Waals surface area contributed by atoms with Crippen molar-refractivity contribution in [2.75, 3.05) is 13.1 Å². The number of aliphatic imine (C=N–C) groups is 1. The van der Waals surface area contributed by atoms with Crippen LogP contribution in [0.3, 0.4) is 0 Å². The number of aliphatic carboxylic acids is 2. The van der Waals surface area contributed by atoms with Gasteiger partial charge >= 0.3 is 11.9 Å². The topological polar surface area (TPSA) is 218 Å². The molecule has 0 unspecified atom stereocenters. The molecule has 13 nitrogen and oxygen atoms in total. The summed E-state index contributed by atoms with van der Waals surface area (Å²) in [6.07, 6.45) is 2.15. The van der Waals surface area contributed by atoms with Gasteiger partial charge in [-0.1, -0.05) is 26.0 Å². The van der Waals surface area contributed by atoms with Gasteiger partial charge in [-0.2, -0.15) is 0 Å². The zero-order chi connectivity index (χ0) is 28.1. The molecule has 0 radical (unpaired) electrons. The number of guanidine groups is 1. The Labute approximate surface area is 214 Å². The van der Waals surface area contributed by atoms with Gasteiger partial charge in [-0.25, -0.2) is 9.79 Å². The third-order valence-corrected chi connectivity index (χ3v) is 4.95. The summed E-state index contributed by atoms with van der Waals surface area (Å²) in [4.78, 5) is 65.5. The third-order valence-electron chi connectivity index (χ3n) is 4.95. The van der Waals surface area contributed by atoms with E-state index in [2.05, 4.69) is 15.6 Å². The molecule has 3 amide bonds. The number of nitrogens with two attached hydrogens (primary N) is 2. The summed E-state index contributed by atoms with van der Waals surface area (Å²) >= 11 is 0. The molecule has 8 N–H and O–H groups in total. The number of amides is 3. The van der Waals surface area contributed by atoms with Gasteiger partial charge in [-0.3, -0.25) is 19.2 Å². The molecular weight excluding hydrogens is 484 g/mol. The monoisotopic (exact) mass is 518 g/mol. The maximum Gasteiger partial charge on any atom is 0.326 e. The number of hydrogen-bond donors (Lipinski definition) is 6. The molecule has 0 fully saturated rings. The molecule has 2 atom stereocenters. The average molecular weight is 519 g/mol. The van der Waals surface area contributed by atoms with Gasteiger partial charge in [0, 0.05) is 12.6 Å². The maximum atomic E-state index is 12.6. The first-order valence-corrected chi connectivity index (χ1v) is 11.5. The van der Waals surface area contributed by atoms with E-state index in [0.29, 0.717) is 11.3 Å². The third kappa shape index (κ3) is 11.7. The molecule has 0 spiro atoms. The summed E-state index contributed by atoms with van der Waals surface area (Å²) in [5, 5.41) is 23.0. The lowest BCUT2D eigenvalue weighted by Gasteiger charge is -2.23. The summed E-state index contributed by atoms with van der Waals surface area (Å²) in [7, 11) is 0. The SMILES string of the molecule is CCN(CC(=O)N[C@@H](CC(=O)O)C(=O)N[C@@H](CC(C)C)C(=O)O)C(=O)C=Cc1ccc(N=C(N)N)cc1. The van der Waals surface area contributed by atoms with Crippen LogP contribution >= 0.6 is 0 Å². The molecule has 1 aromatic carbocycles. The highest BCUT2D eigenvalue weighted by Crippen LogP contribution is 2.14. The molecule has 37 heavy (non-hydrogen) atoms. The Morgan fingerprint density at radius 2 is 1.65 bits per heavy atom. The number of carboxylic acids is 2. The first kappa shape index (κ1) is 30.6. The Balaban J connectivity index is 2.85. The number of benzene rings is 1. The lowest BCUT2D eigenvalue weighted by molar-refractivity contribution is -0.144. The van der Waals surface area contributed by atoms with Gasteiger partial charge in [0.15, 0.2) is 5.96 Å². The first-order valence-electron chi connectivity index (χ1n) is 11.5. The smallest absolute Gasteiger partial charge is 0.326 e. The summed E-state index contributed by atoms with van der Waals surface area (Å²) in [5.41, 5.74) is 11.9. The molecule has 0 aliphatic heterocycles. The van der Waals surface area contributed by atoms with Gasteiger partial charge in [0.2, 0.25) is 17.7 Å². The van der Waals surface area contributed by atoms with Crippen molar-refractivity contribution in [3.8, 4) is 0 Å². The van der Waals surface area contributed by atoms with Crippen LogP contribution in [0, 0.1) is 5.92 Å². The Bertz CT molecular complexity index is 1030. The van der Waals surface area contributed by atoms with Crippen molar-refractivity contribution in [1.82, 2.24) is 15.5 Å². The molecule has 1 aromatic rings. The molecule has 202 valence electrons. The van der Waals surface area contributed by atoms with Crippen molar-refractivity contribution in [3.63, 3.8) is 0 Å². The maximum absolute atomic E-state index is 12.6. The van der Waals surface area contributed by atoms with Crippen LogP contribution in [0.5, 0.6) is 0 Å². The molecule has 0 saturated heterocycles. The van der Waals surface area contributed by atoms with Crippen LogP contribution in [-0.4, -0.2) is 75.9 Å². The van der Waals surface area contributed by atoms with Crippen molar-refractivity contribution in [1.29, 1.82) is 0 Å². The summed E-state index contributed by atoms with van der Waals surface area (Å²) in [6, 6.07) is 3.91. The standard InChI is InChI=1S/C24H34N6O7/c1-4-30(20(32)10-7-15-5-8-16(9-6-15)27-24(25)26)13-19(31)28-17(12-21(33)34)22(35)29-18(23(36)37)11-14(2)3/h5-10,14,17-18H,4,11-13H2,1-3H3,(H,28,31)(H,29,35)(H,33,34)(H,36,37)(H4,25,26,27)/t17-,18-/m0/s1. The van der Waals surface area contributed by atoms with Crippen LogP contribution in [0.2, 0.25) is 0 Å². The van der Waals surface area contributed by atoms with Crippen molar-refractivity contribution in [3.05, 3.63) is 35.9 Å². The van der Waals surface area contributed by atoms with E-state index in [1.807, 2.05) is 0 Å². The number of hydrogen-bond acceptors (Lipinski definition) is 6. The van der Waals surface area contributed by atoms with E-state index in [-0.39, 0.29) is 24.8 Å². The number of nitrogens with zero attached hydrogens (tertiary/aromatic N) is 2. The molecule has 13 heteroatoms. The van der Waals surface area contributed by atoms with Gasteiger partial charge in [0.05, 0.1) is 18.7 Å². The van der Waals surface area contributed by atoms with Crippen molar-refractivity contribution < 1.29 is 34.2 Å².